The monoisotopic (exact) mass is 273 g/mol. The Hall–Kier alpha value is -0.0900. The summed E-state index contributed by atoms with van der Waals surface area (Å²) in [7, 11) is 0. The van der Waals surface area contributed by atoms with Crippen LogP contribution in [-0.4, -0.2) is 19.8 Å². The molecule has 2 heterocycles. The third kappa shape index (κ3) is 3.68. The van der Waals surface area contributed by atoms with Crippen molar-refractivity contribution in [2.45, 2.75) is 32.7 Å². The summed E-state index contributed by atoms with van der Waals surface area (Å²) < 4.78 is 6.28. The molecule has 1 fully saturated rings. The van der Waals surface area contributed by atoms with Gasteiger partial charge in [-0.3, -0.25) is 0 Å². The molecule has 0 bridgehead atoms. The van der Waals surface area contributed by atoms with Crippen molar-refractivity contribution in [3.63, 3.8) is 0 Å². The number of ether oxygens (including phenoxy) is 1. The van der Waals surface area contributed by atoms with Crippen molar-refractivity contribution in [2.75, 3.05) is 19.8 Å². The summed E-state index contributed by atoms with van der Waals surface area (Å²) in [5.74, 6) is 0. The quantitative estimate of drug-likeness (QED) is 0.899. The molecule has 1 unspecified atom stereocenters. The summed E-state index contributed by atoms with van der Waals surface area (Å²) in [6.07, 6.45) is 2.30. The lowest BCUT2D eigenvalue weighted by molar-refractivity contribution is 0.0231. The molecular weight excluding hydrogens is 254 g/mol. The van der Waals surface area contributed by atoms with Gasteiger partial charge in [-0.15, -0.1) is 11.3 Å². The van der Waals surface area contributed by atoms with Crippen LogP contribution in [0, 0.1) is 5.41 Å². The topological polar surface area (TPSA) is 21.3 Å². The first kappa shape index (κ1) is 13.3. The Morgan fingerprint density at radius 2 is 2.18 bits per heavy atom. The predicted octanol–water partition coefficient (Wildman–Crippen LogP) is 3.87. The molecule has 0 radical (unpaired) electrons. The summed E-state index contributed by atoms with van der Waals surface area (Å²) in [6.45, 7) is 7.39. The van der Waals surface area contributed by atoms with Gasteiger partial charge in [0.05, 0.1) is 4.34 Å². The molecule has 1 saturated heterocycles. The van der Waals surface area contributed by atoms with E-state index < -0.39 is 0 Å². The second-order valence-corrected chi connectivity index (χ2v) is 6.91. The smallest absolute Gasteiger partial charge is 0.0931 e. The van der Waals surface area contributed by atoms with Crippen molar-refractivity contribution in [3.8, 4) is 0 Å². The van der Waals surface area contributed by atoms with Crippen LogP contribution < -0.4 is 5.32 Å². The molecule has 0 spiro atoms. The van der Waals surface area contributed by atoms with Gasteiger partial charge >= 0.3 is 0 Å². The number of thiophene rings is 1. The minimum Gasteiger partial charge on any atom is -0.381 e. The van der Waals surface area contributed by atoms with Crippen molar-refractivity contribution in [3.05, 3.63) is 21.3 Å². The maximum atomic E-state index is 5.95. The number of halogens is 1. The molecular formula is C13H20ClNOS. The van der Waals surface area contributed by atoms with Gasteiger partial charge < -0.3 is 10.1 Å². The SMILES string of the molecule is CC(NCC1(C)CCOCC1)c1ccc(Cl)s1. The van der Waals surface area contributed by atoms with Crippen molar-refractivity contribution >= 4 is 22.9 Å². The molecule has 1 aliphatic heterocycles. The predicted molar refractivity (Wildman–Crippen MR) is 73.9 cm³/mol. The van der Waals surface area contributed by atoms with Crippen molar-refractivity contribution < 1.29 is 4.74 Å². The van der Waals surface area contributed by atoms with E-state index in [9.17, 15) is 0 Å². The molecule has 0 amide bonds. The molecule has 2 nitrogen and oxygen atoms in total. The number of nitrogens with one attached hydrogen (secondary N) is 1. The van der Waals surface area contributed by atoms with Gasteiger partial charge in [0.1, 0.15) is 0 Å². The normalized spacial score (nSPS) is 21.4. The average Bonchev–Trinajstić information content (AvgIpc) is 2.74. The van der Waals surface area contributed by atoms with Gasteiger partial charge in [0.25, 0.3) is 0 Å². The third-order valence-electron chi connectivity index (χ3n) is 3.56. The van der Waals surface area contributed by atoms with Crippen molar-refractivity contribution in [1.29, 1.82) is 0 Å². The Bertz CT molecular complexity index is 360. The molecule has 2 rings (SSSR count). The van der Waals surface area contributed by atoms with E-state index in [-0.39, 0.29) is 0 Å². The first-order valence-corrected chi connectivity index (χ1v) is 7.35. The van der Waals surface area contributed by atoms with Crippen LogP contribution in [0.1, 0.15) is 37.6 Å². The highest BCUT2D eigenvalue weighted by Crippen LogP contribution is 2.31. The minimum atomic E-state index is 0.382. The summed E-state index contributed by atoms with van der Waals surface area (Å²) in [5.41, 5.74) is 0.383. The average molecular weight is 274 g/mol. The Kier molecular flexibility index (Phi) is 4.47. The molecule has 1 atom stereocenters. The number of hydrogen-bond acceptors (Lipinski definition) is 3. The van der Waals surface area contributed by atoms with E-state index in [1.165, 1.54) is 4.88 Å². The van der Waals surface area contributed by atoms with Crippen LogP contribution in [-0.2, 0) is 4.74 Å². The Balaban J connectivity index is 1.85. The molecule has 0 aliphatic carbocycles. The zero-order chi connectivity index (χ0) is 12.3. The highest BCUT2D eigenvalue weighted by atomic mass is 35.5. The maximum absolute atomic E-state index is 5.95. The van der Waals surface area contributed by atoms with Crippen LogP contribution in [0.4, 0.5) is 0 Å². The van der Waals surface area contributed by atoms with E-state index in [1.54, 1.807) is 11.3 Å². The van der Waals surface area contributed by atoms with Crippen LogP contribution >= 0.6 is 22.9 Å². The fraction of sp³-hybridized carbons (Fsp3) is 0.692. The Labute approximate surface area is 112 Å². The fourth-order valence-electron chi connectivity index (χ4n) is 2.10. The van der Waals surface area contributed by atoms with E-state index in [4.69, 9.17) is 16.3 Å². The first-order chi connectivity index (χ1) is 8.09. The van der Waals surface area contributed by atoms with Crippen molar-refractivity contribution in [2.24, 2.45) is 5.41 Å². The number of rotatable bonds is 4. The standard InChI is InChI=1S/C13H20ClNOS/c1-10(11-3-4-12(14)17-11)15-9-13(2)5-7-16-8-6-13/h3-4,10,15H,5-9H2,1-2H3. The largest absolute Gasteiger partial charge is 0.381 e. The lowest BCUT2D eigenvalue weighted by Gasteiger charge is -2.34. The van der Waals surface area contributed by atoms with Crippen LogP contribution in [0.2, 0.25) is 4.34 Å². The second kappa shape index (κ2) is 5.70. The Morgan fingerprint density at radius 3 is 2.76 bits per heavy atom. The van der Waals surface area contributed by atoms with Crippen LogP contribution in [0.3, 0.4) is 0 Å². The molecule has 1 aromatic heterocycles. The molecule has 1 aliphatic rings. The van der Waals surface area contributed by atoms with Crippen LogP contribution in [0.5, 0.6) is 0 Å². The lowest BCUT2D eigenvalue weighted by atomic mass is 9.82. The zero-order valence-corrected chi connectivity index (χ0v) is 12.0. The molecule has 96 valence electrons. The molecule has 0 aromatic carbocycles. The summed E-state index contributed by atoms with van der Waals surface area (Å²) in [4.78, 5) is 1.31. The first-order valence-electron chi connectivity index (χ1n) is 6.15. The maximum Gasteiger partial charge on any atom is 0.0931 e. The summed E-state index contributed by atoms with van der Waals surface area (Å²) in [5, 5.41) is 3.62. The van der Waals surface area contributed by atoms with Gasteiger partial charge in [0, 0.05) is 30.7 Å². The van der Waals surface area contributed by atoms with E-state index in [1.807, 2.05) is 6.07 Å². The zero-order valence-electron chi connectivity index (χ0n) is 10.5. The molecule has 1 aromatic rings. The minimum absolute atomic E-state index is 0.382. The fourth-order valence-corrected chi connectivity index (χ4v) is 3.19. The lowest BCUT2D eigenvalue weighted by Crippen LogP contribution is -2.37. The molecule has 0 saturated carbocycles. The van der Waals surface area contributed by atoms with Gasteiger partial charge in [0.15, 0.2) is 0 Å². The highest BCUT2D eigenvalue weighted by Gasteiger charge is 2.27. The molecule has 1 N–H and O–H groups in total. The van der Waals surface area contributed by atoms with E-state index in [0.29, 0.717) is 11.5 Å². The highest BCUT2D eigenvalue weighted by molar-refractivity contribution is 7.16. The van der Waals surface area contributed by atoms with Gasteiger partial charge in [-0.2, -0.15) is 0 Å². The van der Waals surface area contributed by atoms with E-state index in [0.717, 1.165) is 36.9 Å². The van der Waals surface area contributed by atoms with E-state index >= 15 is 0 Å². The van der Waals surface area contributed by atoms with Gasteiger partial charge in [-0.05, 0) is 37.3 Å². The van der Waals surface area contributed by atoms with Gasteiger partial charge in [0.2, 0.25) is 0 Å². The second-order valence-electron chi connectivity index (χ2n) is 5.17. The molecule has 4 heteroatoms. The summed E-state index contributed by atoms with van der Waals surface area (Å²) >= 11 is 7.61. The Morgan fingerprint density at radius 1 is 1.47 bits per heavy atom. The van der Waals surface area contributed by atoms with Gasteiger partial charge in [-0.1, -0.05) is 18.5 Å². The number of hydrogen-bond donors (Lipinski definition) is 1. The summed E-state index contributed by atoms with van der Waals surface area (Å²) in [6, 6.07) is 4.46. The third-order valence-corrected chi connectivity index (χ3v) is 4.97. The molecule has 17 heavy (non-hydrogen) atoms. The van der Waals surface area contributed by atoms with Gasteiger partial charge in [-0.25, -0.2) is 0 Å². The van der Waals surface area contributed by atoms with E-state index in [2.05, 4.69) is 25.2 Å². The van der Waals surface area contributed by atoms with Crippen LogP contribution in [0.15, 0.2) is 12.1 Å². The van der Waals surface area contributed by atoms with Crippen molar-refractivity contribution in [1.82, 2.24) is 5.32 Å². The van der Waals surface area contributed by atoms with Crippen LogP contribution in [0.25, 0.3) is 0 Å².